The molecule has 16 N–H and O–H groups in total. The van der Waals surface area contributed by atoms with Gasteiger partial charge in [0.15, 0.2) is 5.96 Å². The quantitative estimate of drug-likeness (QED) is 0.0319. The highest BCUT2D eigenvalue weighted by molar-refractivity contribution is 8.00. The van der Waals surface area contributed by atoms with Crippen LogP contribution < -0.4 is 64.6 Å². The number of nitrogens with one attached hydrogen (secondary N) is 11. The smallest absolute Gasteiger partial charge is 0.305 e. The molecule has 1 aromatic rings. The molecule has 376 valence electrons. The number of thiol groups is 2. The molecule has 0 aromatic heterocycles. The lowest BCUT2D eigenvalue weighted by atomic mass is 10.0. The summed E-state index contributed by atoms with van der Waals surface area (Å²) in [7, 11) is 0. The van der Waals surface area contributed by atoms with Crippen molar-refractivity contribution in [2.75, 3.05) is 42.6 Å². The van der Waals surface area contributed by atoms with E-state index >= 15 is 0 Å². The molecule has 7 atom stereocenters. The SMILES string of the molecule is CC(=O)NCCCC[C@@H]1NC(=O)CSCC(C(N)=O)NC(=O)[C@H](Cc2ccccc2)NC(=O)[C@H](CS)NC(=O)[C@H](CC(=O)O)NC(=O)CNC(=O)[C@H](CCCNC(=N)N)NC(=O)[C@H](CS)NC1=O. The third kappa shape index (κ3) is 22.5. The molecule has 0 bridgehead atoms. The fourth-order valence-electron chi connectivity index (χ4n) is 6.23. The molecule has 2 rings (SSSR count). The van der Waals surface area contributed by atoms with Crippen molar-refractivity contribution in [3.05, 3.63) is 35.9 Å². The summed E-state index contributed by atoms with van der Waals surface area (Å²) in [5.41, 5.74) is 11.6. The number of carboxylic acids is 1. The number of nitrogens with two attached hydrogens (primary N) is 2. The minimum absolute atomic E-state index is 0.0377. The zero-order valence-electron chi connectivity index (χ0n) is 37.2. The van der Waals surface area contributed by atoms with E-state index < -0.39 is 114 Å². The second kappa shape index (κ2) is 30.9. The lowest BCUT2D eigenvalue weighted by molar-refractivity contribution is -0.141. The summed E-state index contributed by atoms with van der Waals surface area (Å²) < 4.78 is 0. The Kier molecular flexibility index (Phi) is 26.3. The minimum Gasteiger partial charge on any atom is -0.481 e. The highest BCUT2D eigenvalue weighted by atomic mass is 32.2. The Labute approximate surface area is 407 Å². The molecule has 25 nitrogen and oxygen atoms in total. The summed E-state index contributed by atoms with van der Waals surface area (Å²) >= 11 is 9.23. The van der Waals surface area contributed by atoms with Crippen LogP contribution in [0.5, 0.6) is 0 Å². The molecule has 1 fully saturated rings. The zero-order chi connectivity index (χ0) is 50.8. The Morgan fingerprint density at radius 1 is 0.676 bits per heavy atom. The average molecular weight is 1010 g/mol. The Morgan fingerprint density at radius 2 is 1.19 bits per heavy atom. The Hall–Kier alpha value is -6.29. The van der Waals surface area contributed by atoms with Crippen molar-refractivity contribution in [1.29, 1.82) is 5.41 Å². The highest BCUT2D eigenvalue weighted by Gasteiger charge is 2.33. The first-order chi connectivity index (χ1) is 32.2. The van der Waals surface area contributed by atoms with Gasteiger partial charge in [0.25, 0.3) is 0 Å². The summed E-state index contributed by atoms with van der Waals surface area (Å²) in [5, 5.41) is 41.6. The number of hydrogen-bond acceptors (Lipinski definition) is 15. The van der Waals surface area contributed by atoms with Crippen molar-refractivity contribution in [1.82, 2.24) is 53.2 Å². The van der Waals surface area contributed by atoms with Crippen LogP contribution in [0.1, 0.15) is 51.0 Å². The normalized spacial score (nSPS) is 23.3. The van der Waals surface area contributed by atoms with Gasteiger partial charge in [0, 0.05) is 43.7 Å². The van der Waals surface area contributed by atoms with Gasteiger partial charge in [-0.15, -0.1) is 11.8 Å². The molecular weight excluding hydrogens is 951 g/mol. The van der Waals surface area contributed by atoms with Gasteiger partial charge in [0.05, 0.1) is 18.7 Å². The topological polar surface area (TPSA) is 404 Å². The van der Waals surface area contributed by atoms with Crippen LogP contribution in [0.4, 0.5) is 0 Å². The number of rotatable bonds is 16. The van der Waals surface area contributed by atoms with Crippen LogP contribution in [0.15, 0.2) is 30.3 Å². The van der Waals surface area contributed by atoms with Crippen LogP contribution >= 0.6 is 37.0 Å². The van der Waals surface area contributed by atoms with Crippen molar-refractivity contribution in [2.45, 2.75) is 94.2 Å². The molecule has 1 heterocycles. The van der Waals surface area contributed by atoms with E-state index in [1.807, 2.05) is 0 Å². The summed E-state index contributed by atoms with van der Waals surface area (Å²) in [6.45, 7) is 0.852. The molecule has 1 aliphatic rings. The zero-order valence-corrected chi connectivity index (χ0v) is 39.8. The van der Waals surface area contributed by atoms with E-state index in [-0.39, 0.29) is 73.7 Å². The van der Waals surface area contributed by atoms with Gasteiger partial charge in [0.2, 0.25) is 59.1 Å². The van der Waals surface area contributed by atoms with E-state index in [1.54, 1.807) is 30.3 Å². The Bertz CT molecular complexity index is 1970. The molecular formula is C40H61N13O12S3. The van der Waals surface area contributed by atoms with Gasteiger partial charge in [-0.2, -0.15) is 25.3 Å². The van der Waals surface area contributed by atoms with Crippen LogP contribution in [0.2, 0.25) is 0 Å². The van der Waals surface area contributed by atoms with Crippen LogP contribution in [0.3, 0.4) is 0 Å². The third-order valence-corrected chi connectivity index (χ3v) is 11.5. The van der Waals surface area contributed by atoms with Gasteiger partial charge in [-0.1, -0.05) is 30.3 Å². The maximum atomic E-state index is 13.8. The number of guanidine groups is 1. The predicted molar refractivity (Wildman–Crippen MR) is 255 cm³/mol. The molecule has 0 aliphatic carbocycles. The standard InChI is InChI=1S/C40H61N13O12S3/c1-21(54)44-12-6-5-10-24-35(61)51-27(17-66)38(64)49-23(11-7-13-45-40(42)43)34(60)46-16-30(55)48-26(15-32(57)58)37(63)52-28(18-67)39(65)50-25(14-22-8-3-2-4-9-22)36(62)53-29(33(41)59)19-68-20-31(56)47-24/h2-4,8-9,23-29,66-67H,5-7,10-20H2,1H3,(H2,41,59)(H,44,54)(H,46,60)(H,47,56)(H,48,55)(H,49,64)(H,50,65)(H,51,61)(H,52,63)(H,53,62)(H,57,58)(H4,42,43,45)/t23-,24-,25-,26-,27-,28-,29?/m0/s1. The largest absolute Gasteiger partial charge is 0.481 e. The first kappa shape index (κ1) is 57.8. The number of aliphatic carboxylic acids is 1. The van der Waals surface area contributed by atoms with Crippen molar-refractivity contribution in [3.8, 4) is 0 Å². The summed E-state index contributed by atoms with van der Waals surface area (Å²) in [4.78, 5) is 144. The maximum absolute atomic E-state index is 13.8. The molecule has 10 amide bonds. The second-order valence-corrected chi connectivity index (χ2v) is 17.1. The summed E-state index contributed by atoms with van der Waals surface area (Å²) in [6, 6.07) is -1.73. The highest BCUT2D eigenvalue weighted by Crippen LogP contribution is 2.10. The number of benzene rings is 1. The third-order valence-electron chi connectivity index (χ3n) is 9.74. The fourth-order valence-corrected chi connectivity index (χ4v) is 7.62. The first-order valence-corrected chi connectivity index (χ1v) is 23.7. The van der Waals surface area contributed by atoms with Gasteiger partial charge < -0.3 is 69.7 Å². The van der Waals surface area contributed by atoms with E-state index in [0.29, 0.717) is 18.4 Å². The van der Waals surface area contributed by atoms with Gasteiger partial charge >= 0.3 is 5.97 Å². The van der Waals surface area contributed by atoms with Gasteiger partial charge in [-0.25, -0.2) is 0 Å². The average Bonchev–Trinajstić information content (AvgIpc) is 3.28. The minimum atomic E-state index is -1.80. The first-order valence-electron chi connectivity index (χ1n) is 21.3. The van der Waals surface area contributed by atoms with E-state index in [1.165, 1.54) is 6.92 Å². The fraction of sp³-hybridized carbons (Fsp3) is 0.550. The number of amides is 10. The van der Waals surface area contributed by atoms with E-state index in [4.69, 9.17) is 16.9 Å². The van der Waals surface area contributed by atoms with Crippen LogP contribution in [-0.4, -0.2) is 161 Å². The van der Waals surface area contributed by atoms with E-state index in [9.17, 15) is 57.8 Å². The molecule has 68 heavy (non-hydrogen) atoms. The van der Waals surface area contributed by atoms with Crippen molar-refractivity contribution < 1.29 is 57.8 Å². The number of hydrogen-bond donors (Lipinski definition) is 16. The molecule has 1 saturated heterocycles. The van der Waals surface area contributed by atoms with Crippen LogP contribution in [0, 0.1) is 5.41 Å². The Balaban J connectivity index is 2.55. The molecule has 0 radical (unpaired) electrons. The monoisotopic (exact) mass is 1010 g/mol. The number of unbranched alkanes of at least 4 members (excludes halogenated alkanes) is 1. The van der Waals surface area contributed by atoms with Crippen molar-refractivity contribution in [3.63, 3.8) is 0 Å². The maximum Gasteiger partial charge on any atom is 0.305 e. The molecule has 28 heteroatoms. The van der Waals surface area contributed by atoms with Crippen LogP contribution in [0.25, 0.3) is 0 Å². The van der Waals surface area contributed by atoms with Gasteiger partial charge in [-0.3, -0.25) is 58.1 Å². The summed E-state index contributed by atoms with van der Waals surface area (Å²) in [5.74, 6) is -11.8. The van der Waals surface area contributed by atoms with E-state index in [0.717, 1.165) is 11.8 Å². The number of carboxylic acid groups (broad SMARTS) is 1. The van der Waals surface area contributed by atoms with Crippen molar-refractivity contribution in [2.24, 2.45) is 11.5 Å². The molecule has 0 spiro atoms. The molecule has 1 unspecified atom stereocenters. The lowest BCUT2D eigenvalue weighted by Gasteiger charge is -2.25. The van der Waals surface area contributed by atoms with Gasteiger partial charge in [-0.05, 0) is 37.7 Å². The second-order valence-electron chi connectivity index (χ2n) is 15.3. The number of carbonyl (C=O) groups is 11. The number of carbonyl (C=O) groups excluding carboxylic acids is 10. The van der Waals surface area contributed by atoms with Gasteiger partial charge in [0.1, 0.15) is 42.3 Å². The number of thioether (sulfide) groups is 1. The Morgan fingerprint density at radius 3 is 1.76 bits per heavy atom. The van der Waals surface area contributed by atoms with E-state index in [2.05, 4.69) is 78.4 Å². The number of primary amides is 1. The molecule has 0 saturated carbocycles. The summed E-state index contributed by atoms with van der Waals surface area (Å²) in [6.07, 6.45) is -0.295. The van der Waals surface area contributed by atoms with Crippen molar-refractivity contribution >= 4 is 108 Å². The molecule has 1 aromatic carbocycles. The molecule has 1 aliphatic heterocycles. The lowest BCUT2D eigenvalue weighted by Crippen LogP contribution is -2.60. The predicted octanol–water partition coefficient (Wildman–Crippen LogP) is -5.13. The van der Waals surface area contributed by atoms with Crippen LogP contribution in [-0.2, 0) is 59.2 Å².